The second-order valence-electron chi connectivity index (χ2n) is 3.10. The number of anilines is 1. The van der Waals surface area contributed by atoms with Crippen molar-refractivity contribution in [1.29, 1.82) is 0 Å². The number of nitrogens with zero attached hydrogens (tertiary/aromatic N) is 1. The third-order valence-electron chi connectivity index (χ3n) is 1.74. The van der Waals surface area contributed by atoms with Crippen LogP contribution in [0.2, 0.25) is 0 Å². The van der Waals surface area contributed by atoms with Crippen molar-refractivity contribution in [3.63, 3.8) is 0 Å². The lowest BCUT2D eigenvalue weighted by atomic mass is 10.2. The van der Waals surface area contributed by atoms with Crippen LogP contribution in [0.3, 0.4) is 0 Å². The third kappa shape index (κ3) is 3.16. The summed E-state index contributed by atoms with van der Waals surface area (Å²) in [5.74, 6) is -2.65. The Kier molecular flexibility index (Phi) is 3.35. The van der Waals surface area contributed by atoms with E-state index in [9.17, 15) is 22.8 Å². The Bertz CT molecular complexity index is 471. The summed E-state index contributed by atoms with van der Waals surface area (Å²) >= 11 is 0. The molecule has 0 aliphatic carbocycles. The van der Waals surface area contributed by atoms with Gasteiger partial charge in [0.25, 0.3) is 0 Å². The van der Waals surface area contributed by atoms with Gasteiger partial charge in [0.2, 0.25) is 5.91 Å². The van der Waals surface area contributed by atoms with E-state index in [1.165, 1.54) is 0 Å². The number of carboxylic acid groups (broad SMARTS) is 1. The fourth-order valence-corrected chi connectivity index (χ4v) is 1.05. The Morgan fingerprint density at radius 1 is 1.41 bits per heavy atom. The molecule has 0 spiro atoms. The summed E-state index contributed by atoms with van der Waals surface area (Å²) in [6.45, 7) is 1.09. The van der Waals surface area contributed by atoms with E-state index in [1.807, 2.05) is 5.32 Å². The molecule has 0 atom stereocenters. The molecule has 5 nitrogen and oxygen atoms in total. The van der Waals surface area contributed by atoms with Gasteiger partial charge in [-0.2, -0.15) is 13.2 Å². The van der Waals surface area contributed by atoms with Crippen molar-refractivity contribution in [2.75, 3.05) is 5.32 Å². The van der Waals surface area contributed by atoms with E-state index in [1.54, 1.807) is 0 Å². The number of carbonyl (C=O) groups is 2. The molecule has 17 heavy (non-hydrogen) atoms. The zero-order chi connectivity index (χ0) is 13.2. The first-order chi connectivity index (χ1) is 7.71. The fourth-order valence-electron chi connectivity index (χ4n) is 1.05. The summed E-state index contributed by atoms with van der Waals surface area (Å²) in [4.78, 5) is 24.7. The smallest absolute Gasteiger partial charge is 0.417 e. The van der Waals surface area contributed by atoms with Crippen LogP contribution in [0.25, 0.3) is 0 Å². The topological polar surface area (TPSA) is 79.3 Å². The van der Waals surface area contributed by atoms with Crippen LogP contribution < -0.4 is 5.32 Å². The highest BCUT2D eigenvalue weighted by Gasteiger charge is 2.32. The molecule has 0 fully saturated rings. The van der Waals surface area contributed by atoms with Gasteiger partial charge in [0, 0.05) is 13.1 Å². The van der Waals surface area contributed by atoms with Crippen LogP contribution in [0.5, 0.6) is 0 Å². The molecule has 0 aliphatic heterocycles. The number of hydrogen-bond donors (Lipinski definition) is 2. The molecule has 1 rings (SSSR count). The first-order valence-electron chi connectivity index (χ1n) is 4.30. The van der Waals surface area contributed by atoms with Gasteiger partial charge in [-0.25, -0.2) is 9.78 Å². The first kappa shape index (κ1) is 12.9. The highest BCUT2D eigenvalue weighted by molar-refractivity contribution is 5.98. The molecule has 0 saturated heterocycles. The largest absolute Gasteiger partial charge is 0.478 e. The highest BCUT2D eigenvalue weighted by Crippen LogP contribution is 2.30. The predicted molar refractivity (Wildman–Crippen MR) is 50.5 cm³/mol. The number of pyridine rings is 1. The van der Waals surface area contributed by atoms with E-state index in [4.69, 9.17) is 5.11 Å². The molecule has 2 N–H and O–H groups in total. The predicted octanol–water partition coefficient (Wildman–Crippen LogP) is 1.76. The maximum Gasteiger partial charge on any atom is 0.417 e. The summed E-state index contributed by atoms with van der Waals surface area (Å²) in [5.41, 5.74) is -1.90. The van der Waals surface area contributed by atoms with E-state index in [0.717, 1.165) is 6.92 Å². The number of carboxylic acids is 1. The zero-order valence-corrected chi connectivity index (χ0v) is 8.50. The SMILES string of the molecule is CC(=O)Nc1ncc(C(F)(F)F)cc1C(=O)O. The number of alkyl halides is 3. The average molecular weight is 248 g/mol. The van der Waals surface area contributed by atoms with Gasteiger partial charge in [-0.15, -0.1) is 0 Å². The molecule has 1 amide bonds. The van der Waals surface area contributed by atoms with Gasteiger partial charge in [0.1, 0.15) is 11.4 Å². The quantitative estimate of drug-likeness (QED) is 0.835. The standard InChI is InChI=1S/C9H7F3N2O3/c1-4(15)14-7-6(8(16)17)2-5(3-13-7)9(10,11)12/h2-3H,1H3,(H,16,17)(H,13,14,15). The normalized spacial score (nSPS) is 11.1. The molecular weight excluding hydrogens is 241 g/mol. The Morgan fingerprint density at radius 2 is 2.00 bits per heavy atom. The molecular formula is C9H7F3N2O3. The van der Waals surface area contributed by atoms with Crippen LogP contribution in [0.1, 0.15) is 22.8 Å². The maximum atomic E-state index is 12.3. The molecule has 1 heterocycles. The van der Waals surface area contributed by atoms with Gasteiger partial charge in [0.05, 0.1) is 5.56 Å². The van der Waals surface area contributed by atoms with Crippen LogP contribution >= 0.6 is 0 Å². The van der Waals surface area contributed by atoms with Crippen LogP contribution in [-0.4, -0.2) is 22.0 Å². The van der Waals surface area contributed by atoms with Crippen molar-refractivity contribution in [1.82, 2.24) is 4.98 Å². The zero-order valence-electron chi connectivity index (χ0n) is 8.50. The summed E-state index contributed by atoms with van der Waals surface area (Å²) in [5, 5.41) is 10.7. The van der Waals surface area contributed by atoms with E-state index < -0.39 is 35.0 Å². The number of rotatable bonds is 2. The monoisotopic (exact) mass is 248 g/mol. The van der Waals surface area contributed by atoms with Crippen molar-refractivity contribution in [3.8, 4) is 0 Å². The maximum absolute atomic E-state index is 12.3. The van der Waals surface area contributed by atoms with Crippen LogP contribution in [-0.2, 0) is 11.0 Å². The first-order valence-corrected chi connectivity index (χ1v) is 4.30. The minimum atomic E-state index is -4.69. The highest BCUT2D eigenvalue weighted by atomic mass is 19.4. The number of aromatic nitrogens is 1. The number of amides is 1. The van der Waals surface area contributed by atoms with Gasteiger partial charge in [-0.3, -0.25) is 4.79 Å². The number of nitrogens with one attached hydrogen (secondary N) is 1. The molecule has 1 aromatic rings. The van der Waals surface area contributed by atoms with Crippen molar-refractivity contribution >= 4 is 17.7 Å². The molecule has 92 valence electrons. The van der Waals surface area contributed by atoms with Crippen molar-refractivity contribution < 1.29 is 27.9 Å². The third-order valence-corrected chi connectivity index (χ3v) is 1.74. The fraction of sp³-hybridized carbons (Fsp3) is 0.222. The summed E-state index contributed by atoms with van der Waals surface area (Å²) < 4.78 is 36.9. The number of carbonyl (C=O) groups excluding carboxylic acids is 1. The molecule has 8 heteroatoms. The van der Waals surface area contributed by atoms with Crippen molar-refractivity contribution in [2.24, 2.45) is 0 Å². The molecule has 0 saturated carbocycles. The van der Waals surface area contributed by atoms with Crippen LogP contribution in [0, 0.1) is 0 Å². The number of halogens is 3. The minimum Gasteiger partial charge on any atom is -0.478 e. The molecule has 0 radical (unpaired) electrons. The lowest BCUT2D eigenvalue weighted by Crippen LogP contribution is -2.15. The number of aromatic carboxylic acids is 1. The molecule has 0 unspecified atom stereocenters. The van der Waals surface area contributed by atoms with Crippen LogP contribution in [0.15, 0.2) is 12.3 Å². The van der Waals surface area contributed by atoms with Gasteiger partial charge in [0.15, 0.2) is 0 Å². The molecule has 1 aromatic heterocycles. The van der Waals surface area contributed by atoms with E-state index in [-0.39, 0.29) is 0 Å². The van der Waals surface area contributed by atoms with Crippen molar-refractivity contribution in [3.05, 3.63) is 23.4 Å². The van der Waals surface area contributed by atoms with Gasteiger partial charge >= 0.3 is 12.1 Å². The summed E-state index contributed by atoms with van der Waals surface area (Å²) in [6.07, 6.45) is -4.23. The van der Waals surface area contributed by atoms with Crippen molar-refractivity contribution in [2.45, 2.75) is 13.1 Å². The van der Waals surface area contributed by atoms with E-state index in [0.29, 0.717) is 12.3 Å². The summed E-state index contributed by atoms with van der Waals surface area (Å²) in [7, 11) is 0. The lowest BCUT2D eigenvalue weighted by molar-refractivity contribution is -0.137. The second-order valence-corrected chi connectivity index (χ2v) is 3.10. The van der Waals surface area contributed by atoms with E-state index in [2.05, 4.69) is 4.98 Å². The Morgan fingerprint density at radius 3 is 2.41 bits per heavy atom. The minimum absolute atomic E-state index is 0.417. The molecule has 0 aromatic carbocycles. The molecule has 0 aliphatic rings. The second kappa shape index (κ2) is 4.40. The van der Waals surface area contributed by atoms with Gasteiger partial charge < -0.3 is 10.4 Å². The Balaban J connectivity index is 3.27. The average Bonchev–Trinajstić information content (AvgIpc) is 2.15. The Hall–Kier alpha value is -2.12. The van der Waals surface area contributed by atoms with Gasteiger partial charge in [-0.1, -0.05) is 0 Å². The van der Waals surface area contributed by atoms with Crippen LogP contribution in [0.4, 0.5) is 19.0 Å². The van der Waals surface area contributed by atoms with Gasteiger partial charge in [-0.05, 0) is 6.07 Å². The Labute approximate surface area is 93.3 Å². The number of hydrogen-bond acceptors (Lipinski definition) is 3. The molecule has 0 bridgehead atoms. The van der Waals surface area contributed by atoms with E-state index >= 15 is 0 Å². The lowest BCUT2D eigenvalue weighted by Gasteiger charge is -2.10. The summed E-state index contributed by atoms with van der Waals surface area (Å²) in [6, 6.07) is 0.417.